The molecule has 0 bridgehead atoms. The van der Waals surface area contributed by atoms with Crippen LogP contribution in [0.2, 0.25) is 0 Å². The van der Waals surface area contributed by atoms with Crippen LogP contribution in [0, 0.1) is 13.3 Å². The number of hydrogen-bond acceptors (Lipinski definition) is 0. The van der Waals surface area contributed by atoms with Crippen LogP contribution < -0.4 is 31.8 Å². The first-order valence-electron chi connectivity index (χ1n) is 15.0. The molecule has 0 unspecified atom stereocenters. The van der Waals surface area contributed by atoms with E-state index in [1.54, 1.807) is 0 Å². The number of benzene rings is 6. The van der Waals surface area contributed by atoms with E-state index in [1.807, 2.05) is 0 Å². The second-order valence-electron chi connectivity index (χ2n) is 10.1. The molecule has 0 aliphatic rings. The van der Waals surface area contributed by atoms with Crippen molar-refractivity contribution in [3.8, 4) is 0 Å². The Labute approximate surface area is 308 Å². The quantitative estimate of drug-likeness (QED) is 0.0919. The zero-order valence-electron chi connectivity index (χ0n) is 27.4. The van der Waals surface area contributed by atoms with E-state index in [9.17, 15) is 0 Å². The zero-order valence-corrected chi connectivity index (χ0v) is 34.7. The first kappa shape index (κ1) is 43.3. The molecule has 6 rings (SSSR count). The van der Waals surface area contributed by atoms with Crippen molar-refractivity contribution in [3.63, 3.8) is 0 Å². The molecule has 0 spiro atoms. The van der Waals surface area contributed by atoms with Gasteiger partial charge < -0.3 is 0 Å². The number of hydrogen-bond donors (Lipinski definition) is 0. The molecule has 0 saturated heterocycles. The van der Waals surface area contributed by atoms with Gasteiger partial charge in [-0.05, 0) is 72.8 Å². The molecule has 0 fully saturated rings. The van der Waals surface area contributed by atoms with E-state index in [1.165, 1.54) is 49.0 Å². The Morgan fingerprint density at radius 2 is 0.417 bits per heavy atom. The second kappa shape index (κ2) is 28.1. The molecule has 2 nitrogen and oxygen atoms in total. The zero-order chi connectivity index (χ0) is 35.4. The van der Waals surface area contributed by atoms with Gasteiger partial charge in [0.15, 0.2) is 0 Å². The Morgan fingerprint density at radius 3 is 0.521 bits per heavy atom. The van der Waals surface area contributed by atoms with Crippen LogP contribution in [0.4, 0.5) is 0 Å². The predicted molar refractivity (Wildman–Crippen MR) is 216 cm³/mol. The molecule has 0 aliphatic carbocycles. The second-order valence-corrected chi connectivity index (χ2v) is 17.3. The molecule has 0 atom stereocenters. The molecule has 0 N–H and O–H groups in total. The molecule has 48 heavy (non-hydrogen) atoms. The fraction of sp³-hybridized carbons (Fsp3) is 0.0732. The molecule has 0 radical (unpaired) electrons. The van der Waals surface area contributed by atoms with E-state index in [4.69, 9.17) is 9.30 Å². The molecule has 0 aromatic heterocycles. The summed E-state index contributed by atoms with van der Waals surface area (Å²) in [4.78, 5) is 0. The molecular formula is C41H42BrO2P3Re+3. The molecule has 7 heteroatoms. The number of halogens is 1. The Kier molecular flexibility index (Phi) is 25.3. The van der Waals surface area contributed by atoms with E-state index in [2.05, 4.69) is 229 Å². The standard InChI is InChI=1S/3C13H13P.2CO.BrH.Re/c3*1-14(12-8-4-2-5-9-12)13-10-6-3-7-11-13;2*1-2;;/h3*2-11H,1H3;;;1H;/q;;;;;;+1/p+2. The van der Waals surface area contributed by atoms with Gasteiger partial charge in [0.25, 0.3) is 0 Å². The van der Waals surface area contributed by atoms with Crippen LogP contribution in [-0.4, -0.2) is 20.0 Å². The summed E-state index contributed by atoms with van der Waals surface area (Å²) in [5.74, 6) is 0. The summed E-state index contributed by atoms with van der Waals surface area (Å²) in [6.45, 7) is 16.0. The maximum atomic E-state index is 7.50. The van der Waals surface area contributed by atoms with Crippen LogP contribution in [-0.2, 0) is 26.5 Å². The van der Waals surface area contributed by atoms with Gasteiger partial charge in [0, 0.05) is 0 Å². The summed E-state index contributed by atoms with van der Waals surface area (Å²) in [6.07, 6.45) is 0. The maximum absolute atomic E-state index is 7.50. The van der Waals surface area contributed by atoms with Crippen molar-refractivity contribution in [1.29, 1.82) is 0 Å². The summed E-state index contributed by atoms with van der Waals surface area (Å²) < 4.78 is 15.0. The van der Waals surface area contributed by atoms with Crippen LogP contribution >= 0.6 is 37.2 Å². The van der Waals surface area contributed by atoms with Crippen molar-refractivity contribution in [2.75, 3.05) is 20.0 Å². The monoisotopic (exact) mass is 925 g/mol. The minimum atomic E-state index is -0.545. The fourth-order valence-corrected chi connectivity index (χ4v) is 9.78. The molecule has 0 aliphatic heterocycles. The van der Waals surface area contributed by atoms with Crippen LogP contribution in [0.1, 0.15) is 0 Å². The van der Waals surface area contributed by atoms with Gasteiger partial charge in [-0.3, -0.25) is 0 Å². The van der Waals surface area contributed by atoms with Gasteiger partial charge in [-0.15, -0.1) is 0 Å². The van der Waals surface area contributed by atoms with Crippen LogP contribution in [0.3, 0.4) is 0 Å². The summed E-state index contributed by atoms with van der Waals surface area (Å²) in [5, 5.41) is 8.85. The predicted octanol–water partition coefficient (Wildman–Crippen LogP) is 8.21. The first-order chi connectivity index (χ1) is 23.6. The molecular weight excluding hydrogens is 883 g/mol. The van der Waals surface area contributed by atoms with Crippen LogP contribution in [0.15, 0.2) is 182 Å². The van der Waals surface area contributed by atoms with Crippen LogP contribution in [0.5, 0.6) is 0 Å². The van der Waals surface area contributed by atoms with Gasteiger partial charge in [0.05, 0.1) is 75.6 Å². The average molecular weight is 926 g/mol. The van der Waals surface area contributed by atoms with E-state index >= 15 is 0 Å². The van der Waals surface area contributed by atoms with Gasteiger partial charge in [-0.25, -0.2) is 0 Å². The van der Waals surface area contributed by atoms with Crippen molar-refractivity contribution >= 4 is 69.0 Å². The summed E-state index contributed by atoms with van der Waals surface area (Å²) >= 11 is 4.53. The third-order valence-corrected chi connectivity index (χ3v) is 14.4. The summed E-state index contributed by atoms with van der Waals surface area (Å²) in [5.41, 5.74) is 0. The Bertz CT molecular complexity index is 1330. The van der Waals surface area contributed by atoms with E-state index < -0.39 is 23.8 Å². The molecule has 0 heterocycles. The van der Waals surface area contributed by atoms with Crippen molar-refractivity contribution in [2.45, 2.75) is 0 Å². The van der Waals surface area contributed by atoms with E-state index in [-0.39, 0.29) is 0 Å². The average Bonchev–Trinajstić information content (AvgIpc) is 3.22. The minimum absolute atomic E-state index is 0.545. The van der Waals surface area contributed by atoms with E-state index in [0.717, 1.165) is 0 Å². The normalized spacial score (nSPS) is 9.33. The van der Waals surface area contributed by atoms with E-state index in [0.29, 0.717) is 0 Å². The molecule has 6 aromatic rings. The van der Waals surface area contributed by atoms with Gasteiger partial charge >= 0.3 is 53.2 Å². The molecule has 0 amide bonds. The molecule has 244 valence electrons. The Hall–Kier alpha value is -2.77. The third-order valence-electron chi connectivity index (χ3n) is 7.24. The topological polar surface area (TPSA) is 39.8 Å². The van der Waals surface area contributed by atoms with Crippen molar-refractivity contribution < 1.29 is 26.5 Å². The Morgan fingerprint density at radius 1 is 0.312 bits per heavy atom. The summed E-state index contributed by atoms with van der Waals surface area (Å²) in [7, 11) is -1.63. The summed E-state index contributed by atoms with van der Waals surface area (Å²) in [6, 6.07) is 64.5. The Balaban J connectivity index is 0.000000333. The van der Waals surface area contributed by atoms with Crippen molar-refractivity contribution in [2.24, 2.45) is 0 Å². The van der Waals surface area contributed by atoms with Crippen LogP contribution in [0.25, 0.3) is 0 Å². The van der Waals surface area contributed by atoms with Gasteiger partial charge in [-0.2, -0.15) is 0 Å². The number of rotatable bonds is 6. The fourth-order valence-electron chi connectivity index (χ4n) is 4.63. The third kappa shape index (κ3) is 16.1. The first-order valence-corrected chi connectivity index (χ1v) is 26.9. The van der Waals surface area contributed by atoms with Gasteiger partial charge in [0.2, 0.25) is 0 Å². The van der Waals surface area contributed by atoms with Crippen molar-refractivity contribution in [3.05, 3.63) is 195 Å². The van der Waals surface area contributed by atoms with Gasteiger partial charge in [-0.1, -0.05) is 109 Å². The van der Waals surface area contributed by atoms with Crippen molar-refractivity contribution in [1.82, 2.24) is 0 Å². The van der Waals surface area contributed by atoms with Gasteiger partial charge in [0.1, 0.15) is 0 Å². The SMILES string of the molecule is C[PH+](c1ccccc1)c1ccccc1.C[PH+](c1ccccc1)c1ccccc1.C[PH+](c1ccccc1)c1ccccc1.[Br][Re].[C-]#[O+].[C-]#[O+]. The molecule has 0 saturated carbocycles. The molecule has 6 aromatic carbocycles.